The number of hydrogen-bond acceptors (Lipinski definition) is 4. The van der Waals surface area contributed by atoms with Crippen molar-refractivity contribution in [2.75, 3.05) is 7.11 Å². The highest BCUT2D eigenvalue weighted by Crippen LogP contribution is 1.97. The van der Waals surface area contributed by atoms with Crippen molar-refractivity contribution in [3.8, 4) is 0 Å². The van der Waals surface area contributed by atoms with Crippen LogP contribution in [0.15, 0.2) is 12.3 Å². The zero-order valence-corrected chi connectivity index (χ0v) is 7.07. The summed E-state index contributed by atoms with van der Waals surface area (Å²) in [5, 5.41) is 0. The molecule has 0 saturated carbocycles. The first-order chi connectivity index (χ1) is 5.74. The molecule has 0 spiro atoms. The van der Waals surface area contributed by atoms with Crippen LogP contribution in [0.3, 0.4) is 0 Å². The van der Waals surface area contributed by atoms with E-state index in [9.17, 15) is 4.79 Å². The summed E-state index contributed by atoms with van der Waals surface area (Å²) >= 11 is 0. The molecule has 0 aromatic carbocycles. The Bertz CT molecular complexity index is 286. The fourth-order valence-corrected chi connectivity index (χ4v) is 0.794. The smallest absolute Gasteiger partial charge is 0.196 e. The van der Waals surface area contributed by atoms with Crippen LogP contribution in [0.5, 0.6) is 0 Å². The summed E-state index contributed by atoms with van der Waals surface area (Å²) in [4.78, 5) is 18.6. The Morgan fingerprint density at radius 2 is 2.42 bits per heavy atom. The van der Waals surface area contributed by atoms with Gasteiger partial charge in [0, 0.05) is 20.2 Å². The summed E-state index contributed by atoms with van der Waals surface area (Å²) in [6.07, 6.45) is 1.55. The van der Waals surface area contributed by atoms with Gasteiger partial charge in [-0.15, -0.1) is 0 Å². The van der Waals surface area contributed by atoms with Crippen molar-refractivity contribution in [3.63, 3.8) is 0 Å². The van der Waals surface area contributed by atoms with Crippen molar-refractivity contribution in [2.45, 2.75) is 13.5 Å². The van der Waals surface area contributed by atoms with Crippen molar-refractivity contribution in [1.82, 2.24) is 9.97 Å². The molecule has 1 aromatic heterocycles. The van der Waals surface area contributed by atoms with Crippen LogP contribution in [-0.4, -0.2) is 22.9 Å². The normalized spacial score (nSPS) is 9.83. The Morgan fingerprint density at radius 3 is 3.00 bits per heavy atom. The van der Waals surface area contributed by atoms with Gasteiger partial charge in [0.05, 0.1) is 12.3 Å². The molecule has 1 heterocycles. The predicted molar refractivity (Wildman–Crippen MR) is 42.7 cm³/mol. The lowest BCUT2D eigenvalue weighted by Crippen LogP contribution is -2.03. The Balaban J connectivity index is 2.88. The van der Waals surface area contributed by atoms with Gasteiger partial charge in [-0.25, -0.2) is 9.97 Å². The Kier molecular flexibility index (Phi) is 2.88. The van der Waals surface area contributed by atoms with E-state index < -0.39 is 0 Å². The summed E-state index contributed by atoms with van der Waals surface area (Å²) in [5.74, 6) is 0.109. The molecule has 0 bridgehead atoms. The number of Topliss-reactive ketones (excluding diaryl/α,β-unsaturated/α-hetero) is 1. The number of methoxy groups -OCH3 is 1. The molecule has 0 atom stereocenters. The van der Waals surface area contributed by atoms with E-state index in [-0.39, 0.29) is 11.6 Å². The fraction of sp³-hybridized carbons (Fsp3) is 0.375. The highest BCUT2D eigenvalue weighted by molar-refractivity contribution is 5.90. The molecular formula is C8H10N2O2. The summed E-state index contributed by atoms with van der Waals surface area (Å²) in [6, 6.07) is 1.72. The SMILES string of the molecule is COCc1ccnc(C(C)=O)n1. The molecule has 0 amide bonds. The molecule has 4 nitrogen and oxygen atoms in total. The number of carbonyl (C=O) groups is 1. The van der Waals surface area contributed by atoms with Crippen LogP contribution in [0.1, 0.15) is 23.2 Å². The monoisotopic (exact) mass is 166 g/mol. The van der Waals surface area contributed by atoms with Crippen LogP contribution in [0.4, 0.5) is 0 Å². The minimum absolute atomic E-state index is 0.132. The molecule has 1 aromatic rings. The van der Waals surface area contributed by atoms with Crippen LogP contribution < -0.4 is 0 Å². The number of hydrogen-bond donors (Lipinski definition) is 0. The van der Waals surface area contributed by atoms with E-state index in [0.29, 0.717) is 6.61 Å². The van der Waals surface area contributed by atoms with Gasteiger partial charge in [0.25, 0.3) is 0 Å². The van der Waals surface area contributed by atoms with Crippen molar-refractivity contribution >= 4 is 5.78 Å². The third kappa shape index (κ3) is 2.10. The molecule has 0 fully saturated rings. The van der Waals surface area contributed by atoms with E-state index in [1.54, 1.807) is 19.4 Å². The van der Waals surface area contributed by atoms with Crippen LogP contribution in [-0.2, 0) is 11.3 Å². The third-order valence-electron chi connectivity index (χ3n) is 1.32. The number of ether oxygens (including phenoxy) is 1. The molecular weight excluding hydrogens is 156 g/mol. The minimum atomic E-state index is -0.132. The average molecular weight is 166 g/mol. The number of rotatable bonds is 3. The Hall–Kier alpha value is -1.29. The highest BCUT2D eigenvalue weighted by atomic mass is 16.5. The largest absolute Gasteiger partial charge is 0.378 e. The Labute approximate surface area is 70.6 Å². The van der Waals surface area contributed by atoms with Gasteiger partial charge in [-0.2, -0.15) is 0 Å². The molecule has 1 rings (SSSR count). The van der Waals surface area contributed by atoms with E-state index >= 15 is 0 Å². The lowest BCUT2D eigenvalue weighted by Gasteiger charge is -1.98. The van der Waals surface area contributed by atoms with Gasteiger partial charge in [-0.3, -0.25) is 4.79 Å². The van der Waals surface area contributed by atoms with Gasteiger partial charge in [-0.1, -0.05) is 0 Å². The van der Waals surface area contributed by atoms with Gasteiger partial charge in [0.15, 0.2) is 11.6 Å². The first kappa shape index (κ1) is 8.80. The number of ketones is 1. The maximum absolute atomic E-state index is 10.8. The van der Waals surface area contributed by atoms with Crippen molar-refractivity contribution in [2.24, 2.45) is 0 Å². The minimum Gasteiger partial charge on any atom is -0.378 e. The summed E-state index contributed by atoms with van der Waals surface area (Å²) in [6.45, 7) is 1.84. The van der Waals surface area contributed by atoms with Crippen molar-refractivity contribution < 1.29 is 9.53 Å². The molecule has 12 heavy (non-hydrogen) atoms. The molecule has 0 unspecified atom stereocenters. The first-order valence-corrected chi connectivity index (χ1v) is 3.56. The standard InChI is InChI=1S/C8H10N2O2/c1-6(11)8-9-4-3-7(10-8)5-12-2/h3-4H,5H2,1-2H3. The van der Waals surface area contributed by atoms with Gasteiger partial charge < -0.3 is 4.74 Å². The molecule has 64 valence electrons. The van der Waals surface area contributed by atoms with Gasteiger partial charge in [0.2, 0.25) is 0 Å². The fourth-order valence-electron chi connectivity index (χ4n) is 0.794. The van der Waals surface area contributed by atoms with Gasteiger partial charge in [-0.05, 0) is 6.07 Å². The van der Waals surface area contributed by atoms with E-state index in [4.69, 9.17) is 4.74 Å². The van der Waals surface area contributed by atoms with Crippen molar-refractivity contribution in [3.05, 3.63) is 23.8 Å². The second kappa shape index (κ2) is 3.92. The molecule has 4 heteroatoms. The lowest BCUT2D eigenvalue weighted by atomic mass is 10.3. The number of aromatic nitrogens is 2. The lowest BCUT2D eigenvalue weighted by molar-refractivity contribution is 0.100. The quantitative estimate of drug-likeness (QED) is 0.624. The Morgan fingerprint density at radius 1 is 1.67 bits per heavy atom. The molecule has 0 aliphatic carbocycles. The predicted octanol–water partition coefficient (Wildman–Crippen LogP) is 0.826. The van der Waals surface area contributed by atoms with Crippen molar-refractivity contribution in [1.29, 1.82) is 0 Å². The maximum Gasteiger partial charge on any atom is 0.196 e. The van der Waals surface area contributed by atoms with E-state index in [0.717, 1.165) is 5.69 Å². The topological polar surface area (TPSA) is 52.1 Å². The second-order valence-electron chi connectivity index (χ2n) is 2.36. The van der Waals surface area contributed by atoms with Crippen LogP contribution in [0, 0.1) is 0 Å². The molecule has 0 aliphatic rings. The summed E-state index contributed by atoms with van der Waals surface area (Å²) in [5.41, 5.74) is 0.720. The average Bonchev–Trinajstić information content (AvgIpc) is 2.05. The molecule has 0 saturated heterocycles. The zero-order chi connectivity index (χ0) is 8.97. The summed E-state index contributed by atoms with van der Waals surface area (Å²) in [7, 11) is 1.58. The van der Waals surface area contributed by atoms with Crippen LogP contribution in [0.25, 0.3) is 0 Å². The highest BCUT2D eigenvalue weighted by Gasteiger charge is 2.02. The second-order valence-corrected chi connectivity index (χ2v) is 2.36. The zero-order valence-electron chi connectivity index (χ0n) is 7.07. The van der Waals surface area contributed by atoms with E-state index in [1.807, 2.05) is 0 Å². The van der Waals surface area contributed by atoms with Gasteiger partial charge in [0.1, 0.15) is 0 Å². The third-order valence-corrected chi connectivity index (χ3v) is 1.32. The van der Waals surface area contributed by atoms with Crippen LogP contribution in [0.2, 0.25) is 0 Å². The molecule has 0 N–H and O–H groups in total. The first-order valence-electron chi connectivity index (χ1n) is 3.56. The van der Waals surface area contributed by atoms with E-state index in [1.165, 1.54) is 6.92 Å². The van der Waals surface area contributed by atoms with Crippen LogP contribution >= 0.6 is 0 Å². The van der Waals surface area contributed by atoms with Gasteiger partial charge >= 0.3 is 0 Å². The molecule has 0 aliphatic heterocycles. The summed E-state index contributed by atoms with van der Waals surface area (Å²) < 4.78 is 4.86. The number of nitrogens with zero attached hydrogens (tertiary/aromatic N) is 2. The maximum atomic E-state index is 10.8. The molecule has 0 radical (unpaired) electrons. The number of carbonyl (C=O) groups excluding carboxylic acids is 1. The van der Waals surface area contributed by atoms with E-state index in [2.05, 4.69) is 9.97 Å².